The molecule has 0 spiro atoms. The summed E-state index contributed by atoms with van der Waals surface area (Å²) in [4.78, 5) is 28.4. The second-order valence-corrected chi connectivity index (χ2v) is 10.8. The average Bonchev–Trinajstić information content (AvgIpc) is 2.89. The quantitative estimate of drug-likeness (QED) is 0.404. The summed E-state index contributed by atoms with van der Waals surface area (Å²) in [6.45, 7) is 7.72. The van der Waals surface area contributed by atoms with E-state index in [9.17, 15) is 18.0 Å². The summed E-state index contributed by atoms with van der Waals surface area (Å²) in [6.07, 6.45) is 0.388. The van der Waals surface area contributed by atoms with Gasteiger partial charge in [-0.25, -0.2) is 8.42 Å². The maximum Gasteiger partial charge on any atom is 0.264 e. The van der Waals surface area contributed by atoms with Crippen LogP contribution in [-0.4, -0.2) is 44.3 Å². The number of carbonyl (C=O) groups excluding carboxylic acids is 2. The summed E-state index contributed by atoms with van der Waals surface area (Å²) < 4.78 is 28.6. The molecule has 0 saturated carbocycles. The Morgan fingerprint density at radius 2 is 1.41 bits per heavy atom. The van der Waals surface area contributed by atoms with Gasteiger partial charge in [-0.2, -0.15) is 0 Å². The van der Waals surface area contributed by atoms with Crippen LogP contribution >= 0.6 is 0 Å². The summed E-state index contributed by atoms with van der Waals surface area (Å²) in [5.74, 6) is -0.725. The zero-order valence-corrected chi connectivity index (χ0v) is 22.7. The number of rotatable bonds is 11. The summed E-state index contributed by atoms with van der Waals surface area (Å²) in [6, 6.07) is 22.0. The van der Waals surface area contributed by atoms with Crippen molar-refractivity contribution >= 4 is 27.5 Å². The molecule has 7 nitrogen and oxygen atoms in total. The van der Waals surface area contributed by atoms with Gasteiger partial charge in [-0.3, -0.25) is 13.9 Å². The highest BCUT2D eigenvalue weighted by Crippen LogP contribution is 2.25. The van der Waals surface area contributed by atoms with Crippen molar-refractivity contribution in [2.75, 3.05) is 17.4 Å². The Hall–Kier alpha value is -3.65. The van der Waals surface area contributed by atoms with Crippen LogP contribution in [0.15, 0.2) is 83.8 Å². The Morgan fingerprint density at radius 1 is 0.838 bits per heavy atom. The normalized spacial score (nSPS) is 12.0. The van der Waals surface area contributed by atoms with Gasteiger partial charge in [0, 0.05) is 13.1 Å². The van der Waals surface area contributed by atoms with Crippen molar-refractivity contribution in [3.05, 3.63) is 95.6 Å². The van der Waals surface area contributed by atoms with E-state index in [1.165, 1.54) is 17.0 Å². The summed E-state index contributed by atoms with van der Waals surface area (Å²) in [7, 11) is -4.05. The molecule has 2 amide bonds. The maximum absolute atomic E-state index is 13.9. The molecule has 0 radical (unpaired) electrons. The lowest BCUT2D eigenvalue weighted by Crippen LogP contribution is -2.52. The lowest BCUT2D eigenvalue weighted by Gasteiger charge is -2.33. The SMILES string of the molecule is CCNC(=O)[C@@H](CC)N(Cc1ccc(C)cc1)C(=O)CN(c1ccc(C)cc1)S(=O)(=O)c1ccccc1. The van der Waals surface area contributed by atoms with E-state index >= 15 is 0 Å². The van der Waals surface area contributed by atoms with Crippen molar-refractivity contribution in [3.63, 3.8) is 0 Å². The van der Waals surface area contributed by atoms with Crippen molar-refractivity contribution in [3.8, 4) is 0 Å². The van der Waals surface area contributed by atoms with Gasteiger partial charge in [0.05, 0.1) is 10.6 Å². The van der Waals surface area contributed by atoms with Crippen LogP contribution in [-0.2, 0) is 26.2 Å². The van der Waals surface area contributed by atoms with Gasteiger partial charge in [0.2, 0.25) is 11.8 Å². The number of nitrogens with zero attached hydrogens (tertiary/aromatic N) is 2. The van der Waals surface area contributed by atoms with Gasteiger partial charge >= 0.3 is 0 Å². The number of carbonyl (C=O) groups is 2. The third kappa shape index (κ3) is 6.98. The molecule has 1 N–H and O–H groups in total. The first-order valence-electron chi connectivity index (χ1n) is 12.4. The molecule has 1 atom stereocenters. The molecule has 0 aliphatic heterocycles. The molecule has 0 fully saturated rings. The Morgan fingerprint density at radius 3 is 1.95 bits per heavy atom. The molecule has 0 aliphatic rings. The van der Waals surface area contributed by atoms with Crippen LogP contribution in [0.4, 0.5) is 5.69 Å². The van der Waals surface area contributed by atoms with Crippen molar-refractivity contribution < 1.29 is 18.0 Å². The first kappa shape index (κ1) is 27.9. The number of amides is 2. The lowest BCUT2D eigenvalue weighted by atomic mass is 10.1. The predicted octanol–water partition coefficient (Wildman–Crippen LogP) is 4.44. The van der Waals surface area contributed by atoms with E-state index in [-0.39, 0.29) is 17.3 Å². The van der Waals surface area contributed by atoms with Crippen molar-refractivity contribution in [1.29, 1.82) is 0 Å². The smallest absolute Gasteiger partial charge is 0.264 e. The molecular weight excluding hydrogens is 486 g/mol. The van der Waals surface area contributed by atoms with E-state index in [1.54, 1.807) is 42.5 Å². The van der Waals surface area contributed by atoms with Crippen LogP contribution in [0.5, 0.6) is 0 Å². The molecule has 37 heavy (non-hydrogen) atoms. The second kappa shape index (κ2) is 12.5. The largest absolute Gasteiger partial charge is 0.355 e. The zero-order valence-electron chi connectivity index (χ0n) is 21.8. The minimum Gasteiger partial charge on any atom is -0.355 e. The molecule has 0 unspecified atom stereocenters. The molecule has 3 aromatic carbocycles. The third-order valence-electron chi connectivity index (χ3n) is 6.14. The number of likely N-dealkylation sites (N-methyl/N-ethyl adjacent to an activating group) is 1. The van der Waals surface area contributed by atoms with Gasteiger partial charge in [0.15, 0.2) is 0 Å². The number of nitrogens with one attached hydrogen (secondary N) is 1. The summed E-state index contributed by atoms with van der Waals surface area (Å²) >= 11 is 0. The molecule has 0 bridgehead atoms. The van der Waals surface area contributed by atoms with Gasteiger partial charge in [-0.15, -0.1) is 0 Å². The molecule has 0 saturated heterocycles. The highest BCUT2D eigenvalue weighted by atomic mass is 32.2. The van der Waals surface area contributed by atoms with Gasteiger partial charge in [-0.05, 0) is 57.0 Å². The molecule has 3 rings (SSSR count). The summed E-state index contributed by atoms with van der Waals surface area (Å²) in [5.41, 5.74) is 3.28. The van der Waals surface area contributed by atoms with E-state index < -0.39 is 28.5 Å². The first-order chi connectivity index (χ1) is 17.7. The molecular formula is C29H35N3O4S. The topological polar surface area (TPSA) is 86.8 Å². The number of hydrogen-bond donors (Lipinski definition) is 1. The highest BCUT2D eigenvalue weighted by molar-refractivity contribution is 7.92. The predicted molar refractivity (Wildman–Crippen MR) is 147 cm³/mol. The monoisotopic (exact) mass is 521 g/mol. The number of aryl methyl sites for hydroxylation is 2. The van der Waals surface area contributed by atoms with E-state index in [2.05, 4.69) is 5.32 Å². The lowest BCUT2D eigenvalue weighted by molar-refractivity contribution is -0.140. The molecule has 0 aromatic heterocycles. The molecule has 196 valence electrons. The van der Waals surface area contributed by atoms with E-state index in [4.69, 9.17) is 0 Å². The number of benzene rings is 3. The first-order valence-corrected chi connectivity index (χ1v) is 13.9. The molecule has 0 aliphatic carbocycles. The van der Waals surface area contributed by atoms with Crippen molar-refractivity contribution in [2.24, 2.45) is 0 Å². The minimum absolute atomic E-state index is 0.0872. The van der Waals surface area contributed by atoms with Gasteiger partial charge < -0.3 is 10.2 Å². The zero-order chi connectivity index (χ0) is 27.0. The number of hydrogen-bond acceptors (Lipinski definition) is 4. The Bertz CT molecular complexity index is 1290. The minimum atomic E-state index is -4.05. The molecule has 8 heteroatoms. The van der Waals surface area contributed by atoms with Gasteiger partial charge in [0.1, 0.15) is 12.6 Å². The standard InChI is InChI=1S/C29H35N3O4S/c1-5-27(29(34)30-6-2)31(20-24-16-12-22(3)13-17-24)28(33)21-32(25-18-14-23(4)15-19-25)37(35,36)26-10-8-7-9-11-26/h7-19,27H,5-6,20-21H2,1-4H3,(H,30,34)/t27-/m1/s1. The Labute approximate surface area is 220 Å². The fourth-order valence-electron chi connectivity index (χ4n) is 4.06. The third-order valence-corrected chi connectivity index (χ3v) is 7.93. The van der Waals surface area contributed by atoms with Gasteiger partial charge in [0.25, 0.3) is 10.0 Å². The fourth-order valence-corrected chi connectivity index (χ4v) is 5.50. The Balaban J connectivity index is 2.03. The highest BCUT2D eigenvalue weighted by Gasteiger charge is 2.33. The van der Waals surface area contributed by atoms with Crippen LogP contribution in [0, 0.1) is 13.8 Å². The van der Waals surface area contributed by atoms with E-state index in [0.717, 1.165) is 21.0 Å². The van der Waals surface area contributed by atoms with Crippen molar-refractivity contribution in [2.45, 2.75) is 51.6 Å². The van der Waals surface area contributed by atoms with Crippen LogP contribution < -0.4 is 9.62 Å². The van der Waals surface area contributed by atoms with Crippen LogP contribution in [0.1, 0.15) is 37.0 Å². The Kier molecular flexibility index (Phi) is 9.47. The summed E-state index contributed by atoms with van der Waals surface area (Å²) in [5, 5.41) is 2.81. The fraction of sp³-hybridized carbons (Fsp3) is 0.310. The van der Waals surface area contributed by atoms with Crippen LogP contribution in [0.25, 0.3) is 0 Å². The average molecular weight is 522 g/mol. The van der Waals surface area contributed by atoms with Crippen LogP contribution in [0.2, 0.25) is 0 Å². The van der Waals surface area contributed by atoms with Crippen molar-refractivity contribution in [1.82, 2.24) is 10.2 Å². The molecule has 0 heterocycles. The second-order valence-electron chi connectivity index (χ2n) is 8.99. The number of sulfonamides is 1. The van der Waals surface area contributed by atoms with Gasteiger partial charge in [-0.1, -0.05) is 72.6 Å². The molecule has 3 aromatic rings. The van der Waals surface area contributed by atoms with Crippen LogP contribution in [0.3, 0.4) is 0 Å². The van der Waals surface area contributed by atoms with E-state index in [1.807, 2.05) is 52.0 Å². The maximum atomic E-state index is 13.9. The van der Waals surface area contributed by atoms with E-state index in [0.29, 0.717) is 18.7 Å². The number of anilines is 1.